The summed E-state index contributed by atoms with van der Waals surface area (Å²) in [5, 5.41) is 13.7. The summed E-state index contributed by atoms with van der Waals surface area (Å²) in [4.78, 5) is 0. The van der Waals surface area contributed by atoms with E-state index in [1.54, 1.807) is 0 Å². The van der Waals surface area contributed by atoms with Crippen LogP contribution in [0.1, 0.15) is 22.5 Å². The molecule has 0 atom stereocenters. The normalized spacial score (nSPS) is 10.8. The molecule has 3 nitrogen and oxygen atoms in total. The highest BCUT2D eigenvalue weighted by Gasteiger charge is 2.11. The molecule has 0 amide bonds. The summed E-state index contributed by atoms with van der Waals surface area (Å²) < 4.78 is 1.88. The van der Waals surface area contributed by atoms with Crippen LogP contribution in [0.2, 0.25) is 0 Å². The highest BCUT2D eigenvalue weighted by molar-refractivity contribution is 5.39. The van der Waals surface area contributed by atoms with Crippen LogP contribution in [0.15, 0.2) is 24.3 Å². The van der Waals surface area contributed by atoms with Gasteiger partial charge in [-0.25, -0.2) is 4.68 Å². The molecule has 0 aliphatic carbocycles. The van der Waals surface area contributed by atoms with Crippen molar-refractivity contribution < 1.29 is 5.11 Å². The molecule has 0 unspecified atom stereocenters. The predicted molar refractivity (Wildman–Crippen MR) is 63.7 cm³/mol. The highest BCUT2D eigenvalue weighted by atomic mass is 16.3. The smallest absolute Gasteiger partial charge is 0.0718 e. The summed E-state index contributed by atoms with van der Waals surface area (Å²) in [5.41, 5.74) is 5.06. The zero-order valence-corrected chi connectivity index (χ0v) is 9.86. The van der Waals surface area contributed by atoms with Crippen molar-refractivity contribution in [1.82, 2.24) is 9.78 Å². The molecule has 0 spiro atoms. The summed E-state index contributed by atoms with van der Waals surface area (Å²) in [5.74, 6) is 0. The summed E-state index contributed by atoms with van der Waals surface area (Å²) in [7, 11) is 0. The zero-order chi connectivity index (χ0) is 11.7. The minimum absolute atomic E-state index is 0.0451. The quantitative estimate of drug-likeness (QED) is 0.836. The Balaban J connectivity index is 2.56. The van der Waals surface area contributed by atoms with Gasteiger partial charge >= 0.3 is 0 Å². The van der Waals surface area contributed by atoms with Gasteiger partial charge < -0.3 is 5.11 Å². The van der Waals surface area contributed by atoms with Crippen LogP contribution in [0.4, 0.5) is 0 Å². The van der Waals surface area contributed by atoms with Crippen molar-refractivity contribution in [3.63, 3.8) is 0 Å². The highest BCUT2D eigenvalue weighted by Crippen LogP contribution is 2.18. The molecule has 0 bridgehead atoms. The third-order valence-electron chi connectivity index (χ3n) is 2.85. The minimum atomic E-state index is 0.0451. The molecule has 0 aliphatic heterocycles. The van der Waals surface area contributed by atoms with E-state index in [2.05, 4.69) is 24.2 Å². The molecule has 0 fully saturated rings. The van der Waals surface area contributed by atoms with Crippen LogP contribution in [0, 0.1) is 20.8 Å². The molecule has 84 valence electrons. The van der Waals surface area contributed by atoms with E-state index < -0.39 is 0 Å². The molecule has 3 heteroatoms. The van der Waals surface area contributed by atoms with E-state index in [1.807, 2.05) is 30.7 Å². The maximum atomic E-state index is 9.26. The van der Waals surface area contributed by atoms with E-state index in [9.17, 15) is 5.11 Å². The standard InChI is InChI=1S/C13H16N2O/c1-9-5-4-6-12(7-9)15-11(3)13(8-16)10(2)14-15/h4-7,16H,8H2,1-3H3. The lowest BCUT2D eigenvalue weighted by molar-refractivity contribution is 0.280. The van der Waals surface area contributed by atoms with Crippen LogP contribution in [-0.4, -0.2) is 14.9 Å². The first kappa shape index (κ1) is 10.9. The molecule has 1 aromatic carbocycles. The molecule has 2 aromatic rings. The lowest BCUT2D eigenvalue weighted by Gasteiger charge is -2.05. The number of rotatable bonds is 2. The Bertz CT molecular complexity index is 515. The fourth-order valence-electron chi connectivity index (χ4n) is 1.91. The Kier molecular flexibility index (Phi) is 2.79. The maximum Gasteiger partial charge on any atom is 0.0718 e. The lowest BCUT2D eigenvalue weighted by atomic mass is 10.2. The third kappa shape index (κ3) is 1.74. The lowest BCUT2D eigenvalue weighted by Crippen LogP contribution is -1.99. The number of aromatic nitrogens is 2. The van der Waals surface area contributed by atoms with Crippen molar-refractivity contribution in [2.45, 2.75) is 27.4 Å². The SMILES string of the molecule is Cc1cccc(-n2nc(C)c(CO)c2C)c1. The first-order valence-corrected chi connectivity index (χ1v) is 5.36. The van der Waals surface area contributed by atoms with Gasteiger partial charge in [0.1, 0.15) is 0 Å². The summed E-state index contributed by atoms with van der Waals surface area (Å²) in [6.45, 7) is 6.00. The van der Waals surface area contributed by atoms with E-state index in [4.69, 9.17) is 0 Å². The van der Waals surface area contributed by atoms with Crippen molar-refractivity contribution in [2.75, 3.05) is 0 Å². The zero-order valence-electron chi connectivity index (χ0n) is 9.86. The first-order valence-electron chi connectivity index (χ1n) is 5.36. The largest absolute Gasteiger partial charge is 0.392 e. The average Bonchev–Trinajstić information content (AvgIpc) is 2.54. The average molecular weight is 216 g/mol. The molecule has 2 rings (SSSR count). The molecule has 1 aromatic heterocycles. The molecule has 16 heavy (non-hydrogen) atoms. The van der Waals surface area contributed by atoms with Crippen molar-refractivity contribution in [3.05, 3.63) is 46.8 Å². The van der Waals surface area contributed by atoms with Crippen molar-refractivity contribution >= 4 is 0 Å². The number of aliphatic hydroxyl groups excluding tert-OH is 1. The minimum Gasteiger partial charge on any atom is -0.392 e. The van der Waals surface area contributed by atoms with E-state index in [0.29, 0.717) is 0 Å². The van der Waals surface area contributed by atoms with Gasteiger partial charge in [0.2, 0.25) is 0 Å². The van der Waals surface area contributed by atoms with Crippen LogP contribution in [0.3, 0.4) is 0 Å². The number of aryl methyl sites for hydroxylation is 2. The molecule has 1 N–H and O–H groups in total. The molecular formula is C13H16N2O. The van der Waals surface area contributed by atoms with Crippen LogP contribution in [0.25, 0.3) is 5.69 Å². The monoisotopic (exact) mass is 216 g/mol. The summed E-state index contributed by atoms with van der Waals surface area (Å²) in [6.07, 6.45) is 0. The van der Waals surface area contributed by atoms with Crippen LogP contribution >= 0.6 is 0 Å². The Hall–Kier alpha value is -1.61. The maximum absolute atomic E-state index is 9.26. The third-order valence-corrected chi connectivity index (χ3v) is 2.85. The molecule has 0 saturated carbocycles. The first-order chi connectivity index (χ1) is 7.63. The van der Waals surface area contributed by atoms with E-state index >= 15 is 0 Å². The van der Waals surface area contributed by atoms with Crippen molar-refractivity contribution in [1.29, 1.82) is 0 Å². The Morgan fingerprint density at radius 2 is 2.00 bits per heavy atom. The van der Waals surface area contributed by atoms with Gasteiger partial charge in [-0.05, 0) is 38.5 Å². The van der Waals surface area contributed by atoms with E-state index in [1.165, 1.54) is 5.56 Å². The number of nitrogens with zero attached hydrogens (tertiary/aromatic N) is 2. The van der Waals surface area contributed by atoms with Gasteiger partial charge in [-0.15, -0.1) is 0 Å². The number of benzene rings is 1. The molecule has 1 heterocycles. The van der Waals surface area contributed by atoms with Gasteiger partial charge in [0, 0.05) is 11.3 Å². The van der Waals surface area contributed by atoms with E-state index in [0.717, 1.165) is 22.6 Å². The van der Waals surface area contributed by atoms with Gasteiger partial charge in [-0.1, -0.05) is 12.1 Å². The van der Waals surface area contributed by atoms with Gasteiger partial charge in [-0.3, -0.25) is 0 Å². The summed E-state index contributed by atoms with van der Waals surface area (Å²) >= 11 is 0. The van der Waals surface area contributed by atoms with Gasteiger partial charge in [0.25, 0.3) is 0 Å². The fraction of sp³-hybridized carbons (Fsp3) is 0.308. The fourth-order valence-corrected chi connectivity index (χ4v) is 1.91. The molecular weight excluding hydrogens is 200 g/mol. The van der Waals surface area contributed by atoms with Crippen molar-refractivity contribution in [2.24, 2.45) is 0 Å². The topological polar surface area (TPSA) is 38.0 Å². The molecule has 0 saturated heterocycles. The Labute approximate surface area is 95.3 Å². The van der Waals surface area contributed by atoms with Crippen molar-refractivity contribution in [3.8, 4) is 5.69 Å². The second kappa shape index (κ2) is 4.10. The Morgan fingerprint density at radius 3 is 2.56 bits per heavy atom. The van der Waals surface area contributed by atoms with Gasteiger partial charge in [-0.2, -0.15) is 5.10 Å². The second-order valence-corrected chi connectivity index (χ2v) is 4.06. The predicted octanol–water partition coefficient (Wildman–Crippen LogP) is 2.29. The van der Waals surface area contributed by atoms with Crippen LogP contribution in [-0.2, 0) is 6.61 Å². The van der Waals surface area contributed by atoms with Gasteiger partial charge in [0.15, 0.2) is 0 Å². The number of aliphatic hydroxyl groups is 1. The second-order valence-electron chi connectivity index (χ2n) is 4.06. The van der Waals surface area contributed by atoms with Crippen LogP contribution < -0.4 is 0 Å². The summed E-state index contributed by atoms with van der Waals surface area (Å²) in [6, 6.07) is 8.18. The van der Waals surface area contributed by atoms with Crippen LogP contribution in [0.5, 0.6) is 0 Å². The molecule has 0 aliphatic rings. The molecule has 0 radical (unpaired) electrons. The van der Waals surface area contributed by atoms with E-state index in [-0.39, 0.29) is 6.61 Å². The van der Waals surface area contributed by atoms with Gasteiger partial charge in [0.05, 0.1) is 18.0 Å². The Morgan fingerprint density at radius 1 is 1.25 bits per heavy atom. The number of hydrogen-bond acceptors (Lipinski definition) is 2. The number of hydrogen-bond donors (Lipinski definition) is 1.